The van der Waals surface area contributed by atoms with Gasteiger partial charge < -0.3 is 18.9 Å². The highest BCUT2D eigenvalue weighted by Crippen LogP contribution is 2.20. The van der Waals surface area contributed by atoms with Crippen molar-refractivity contribution in [3.8, 4) is 11.5 Å². The first-order valence-corrected chi connectivity index (χ1v) is 13.3. The quantitative estimate of drug-likeness (QED) is 0.169. The largest absolute Gasteiger partial charge is 0.453 e. The number of benzene rings is 4. The summed E-state index contributed by atoms with van der Waals surface area (Å²) < 4.78 is 19.6. The van der Waals surface area contributed by atoms with Crippen LogP contribution in [-0.2, 0) is 9.47 Å². The molecule has 4 N–H and O–H groups in total. The van der Waals surface area contributed by atoms with Crippen LogP contribution in [-0.4, -0.2) is 38.1 Å². The third-order valence-electron chi connectivity index (χ3n) is 5.33. The van der Waals surface area contributed by atoms with Crippen LogP contribution in [0.15, 0.2) is 103 Å². The molecule has 44 heavy (non-hydrogen) atoms. The van der Waals surface area contributed by atoms with Crippen LogP contribution in [0.5, 0.6) is 11.5 Å². The molecular weight excluding hydrogens is 568 g/mol. The van der Waals surface area contributed by atoms with Gasteiger partial charge in [0.05, 0.1) is 13.7 Å². The molecule has 0 unspecified atom stereocenters. The lowest BCUT2D eigenvalue weighted by Gasteiger charge is -2.09. The lowest BCUT2D eigenvalue weighted by molar-refractivity contribution is 0.168. The molecule has 12 heteroatoms. The highest BCUT2D eigenvalue weighted by Gasteiger charge is 2.09. The zero-order valence-electron chi connectivity index (χ0n) is 24.3. The zero-order valence-corrected chi connectivity index (χ0v) is 24.3. The Morgan fingerprint density at radius 3 is 1.52 bits per heavy atom. The maximum Gasteiger partial charge on any atom is 0.417 e. The Morgan fingerprint density at radius 2 is 1.00 bits per heavy atom. The summed E-state index contributed by atoms with van der Waals surface area (Å²) in [5, 5.41) is 10.3. The van der Waals surface area contributed by atoms with Crippen molar-refractivity contribution in [2.75, 3.05) is 35.0 Å². The smallest absolute Gasteiger partial charge is 0.417 e. The average Bonchev–Trinajstić information content (AvgIpc) is 2.98. The second kappa shape index (κ2) is 17.0. The second-order valence-electron chi connectivity index (χ2n) is 8.78. The van der Waals surface area contributed by atoms with Crippen molar-refractivity contribution in [2.45, 2.75) is 13.8 Å². The molecule has 0 aromatic heterocycles. The number of hydrogen-bond acceptors (Lipinski definition) is 8. The van der Waals surface area contributed by atoms with Crippen molar-refractivity contribution in [1.29, 1.82) is 0 Å². The topological polar surface area (TPSA) is 153 Å². The summed E-state index contributed by atoms with van der Waals surface area (Å²) in [6.07, 6.45) is -2.38. The molecule has 0 bridgehead atoms. The number of methoxy groups -OCH3 is 1. The minimum absolute atomic E-state index is 0.279. The van der Waals surface area contributed by atoms with Crippen molar-refractivity contribution in [2.24, 2.45) is 0 Å². The van der Waals surface area contributed by atoms with Gasteiger partial charge in [-0.1, -0.05) is 42.5 Å². The lowest BCUT2D eigenvalue weighted by atomic mass is 10.2. The van der Waals surface area contributed by atoms with Crippen LogP contribution in [0.4, 0.5) is 41.9 Å². The van der Waals surface area contributed by atoms with E-state index < -0.39 is 24.4 Å². The molecule has 0 atom stereocenters. The molecule has 0 heterocycles. The summed E-state index contributed by atoms with van der Waals surface area (Å²) in [7, 11) is 1.27. The number of carbonyl (C=O) groups is 4. The molecule has 0 aliphatic rings. The highest BCUT2D eigenvalue weighted by molar-refractivity contribution is 5.88. The van der Waals surface area contributed by atoms with Crippen LogP contribution in [0.1, 0.15) is 12.5 Å². The van der Waals surface area contributed by atoms with E-state index in [9.17, 15) is 19.2 Å². The van der Waals surface area contributed by atoms with Crippen LogP contribution < -0.4 is 30.7 Å². The van der Waals surface area contributed by atoms with Crippen LogP contribution >= 0.6 is 0 Å². The molecule has 0 saturated carbocycles. The molecule has 4 rings (SSSR count). The maximum absolute atomic E-state index is 11.8. The third kappa shape index (κ3) is 11.8. The number of carbonyl (C=O) groups excluding carboxylic acids is 4. The van der Waals surface area contributed by atoms with Crippen LogP contribution in [0.2, 0.25) is 0 Å². The van der Waals surface area contributed by atoms with E-state index in [2.05, 4.69) is 26.0 Å². The summed E-state index contributed by atoms with van der Waals surface area (Å²) >= 11 is 0. The van der Waals surface area contributed by atoms with Crippen LogP contribution in [0.3, 0.4) is 0 Å². The van der Waals surface area contributed by atoms with Gasteiger partial charge in [0.15, 0.2) is 0 Å². The lowest BCUT2D eigenvalue weighted by Crippen LogP contribution is -2.17. The molecule has 4 aromatic rings. The normalized spacial score (nSPS) is 9.70. The van der Waals surface area contributed by atoms with Crippen LogP contribution in [0, 0.1) is 6.92 Å². The number of hydrogen-bond donors (Lipinski definition) is 4. The molecule has 12 nitrogen and oxygen atoms in total. The predicted octanol–water partition coefficient (Wildman–Crippen LogP) is 7.65. The van der Waals surface area contributed by atoms with E-state index in [1.807, 2.05) is 31.2 Å². The Labute approximate surface area is 254 Å². The molecule has 4 aromatic carbocycles. The molecular formula is C32H32N4O8. The third-order valence-corrected chi connectivity index (χ3v) is 5.33. The molecule has 0 radical (unpaired) electrons. The van der Waals surface area contributed by atoms with E-state index in [4.69, 9.17) is 14.2 Å². The summed E-state index contributed by atoms with van der Waals surface area (Å²) in [5.74, 6) is 0.613. The number of amides is 4. The second-order valence-corrected chi connectivity index (χ2v) is 8.78. The minimum Gasteiger partial charge on any atom is -0.453 e. The Balaban J connectivity index is 0.000000240. The SMILES string of the molecule is CCOC(=O)Nc1cccc(OC(=O)Nc2ccccc2)c1.COC(=O)Nc1cccc(OC(=O)Nc2cccc(C)c2)c1. The van der Waals surface area contributed by atoms with Gasteiger partial charge in [0.25, 0.3) is 0 Å². The van der Waals surface area contributed by atoms with E-state index in [1.54, 1.807) is 73.7 Å². The zero-order chi connectivity index (χ0) is 31.7. The van der Waals surface area contributed by atoms with Crippen molar-refractivity contribution in [1.82, 2.24) is 0 Å². The molecule has 228 valence electrons. The number of anilines is 4. The first kappa shape index (κ1) is 32.5. The standard InChI is InChI=1S/2C16H16N2O4/c1-11-5-3-6-12(9-11)18-16(20)22-14-8-4-7-13(10-14)17-15(19)21-2;1-2-21-15(19)18-13-9-6-10-14(11-13)22-16(20)17-12-7-4-3-5-8-12/h3-10H,1-2H3,(H,17,19)(H,18,20);3-11H,2H2,1H3,(H,17,20)(H,18,19). The summed E-state index contributed by atoms with van der Waals surface area (Å²) in [6.45, 7) is 3.92. The summed E-state index contributed by atoms with van der Waals surface area (Å²) in [5.41, 5.74) is 3.25. The van der Waals surface area contributed by atoms with E-state index in [1.165, 1.54) is 19.2 Å². The van der Waals surface area contributed by atoms with Crippen molar-refractivity contribution >= 4 is 47.1 Å². The predicted molar refractivity (Wildman–Crippen MR) is 166 cm³/mol. The monoisotopic (exact) mass is 600 g/mol. The number of para-hydroxylation sites is 1. The van der Waals surface area contributed by atoms with Crippen molar-refractivity contribution in [3.63, 3.8) is 0 Å². The van der Waals surface area contributed by atoms with Crippen LogP contribution in [0.25, 0.3) is 0 Å². The molecule has 0 saturated heterocycles. The fourth-order valence-electron chi connectivity index (χ4n) is 3.47. The van der Waals surface area contributed by atoms with Gasteiger partial charge in [-0.15, -0.1) is 0 Å². The van der Waals surface area contributed by atoms with Crippen molar-refractivity contribution in [3.05, 3.63) is 109 Å². The van der Waals surface area contributed by atoms with Gasteiger partial charge in [0, 0.05) is 34.9 Å². The fourth-order valence-corrected chi connectivity index (χ4v) is 3.47. The molecule has 0 fully saturated rings. The molecule has 0 aliphatic carbocycles. The number of nitrogens with one attached hydrogen (secondary N) is 4. The van der Waals surface area contributed by atoms with Gasteiger partial charge in [-0.3, -0.25) is 21.3 Å². The van der Waals surface area contributed by atoms with Gasteiger partial charge in [-0.25, -0.2) is 19.2 Å². The van der Waals surface area contributed by atoms with E-state index >= 15 is 0 Å². The van der Waals surface area contributed by atoms with Gasteiger partial charge in [-0.05, 0) is 67.9 Å². The Morgan fingerprint density at radius 1 is 0.545 bits per heavy atom. The first-order valence-electron chi connectivity index (χ1n) is 13.3. The molecule has 4 amide bonds. The molecule has 0 aliphatic heterocycles. The average molecular weight is 601 g/mol. The Hall–Kier alpha value is -6.04. The van der Waals surface area contributed by atoms with E-state index in [-0.39, 0.29) is 6.61 Å². The van der Waals surface area contributed by atoms with E-state index in [0.717, 1.165) is 5.56 Å². The maximum atomic E-state index is 11.8. The summed E-state index contributed by atoms with van der Waals surface area (Å²) in [6, 6.07) is 29.2. The number of ether oxygens (including phenoxy) is 4. The van der Waals surface area contributed by atoms with Gasteiger partial charge in [0.2, 0.25) is 0 Å². The number of rotatable bonds is 7. The van der Waals surface area contributed by atoms with E-state index in [0.29, 0.717) is 34.2 Å². The first-order chi connectivity index (χ1) is 21.2. The Bertz CT molecular complexity index is 1560. The Kier molecular flexibility index (Phi) is 12.6. The minimum atomic E-state index is -0.612. The highest BCUT2D eigenvalue weighted by atomic mass is 16.6. The molecule has 0 spiro atoms. The number of aryl methyl sites for hydroxylation is 1. The van der Waals surface area contributed by atoms with Gasteiger partial charge >= 0.3 is 24.4 Å². The fraction of sp³-hybridized carbons (Fsp3) is 0.125. The van der Waals surface area contributed by atoms with Gasteiger partial charge in [-0.2, -0.15) is 0 Å². The van der Waals surface area contributed by atoms with Crippen molar-refractivity contribution < 1.29 is 38.1 Å². The summed E-state index contributed by atoms with van der Waals surface area (Å²) in [4.78, 5) is 46.1. The van der Waals surface area contributed by atoms with Gasteiger partial charge in [0.1, 0.15) is 11.5 Å².